The monoisotopic (exact) mass is 426 g/mol. The van der Waals surface area contributed by atoms with Gasteiger partial charge in [-0.25, -0.2) is 4.39 Å². The van der Waals surface area contributed by atoms with Crippen molar-refractivity contribution in [3.05, 3.63) is 88.0 Å². The second-order valence-electron chi connectivity index (χ2n) is 7.12. The quantitative estimate of drug-likeness (QED) is 0.677. The minimum absolute atomic E-state index is 0.189. The maximum Gasteiger partial charge on any atom is 0.272 e. The molecule has 0 bridgehead atoms. The second-order valence-corrected chi connectivity index (χ2v) is 7.53. The van der Waals surface area contributed by atoms with Crippen LogP contribution in [0.1, 0.15) is 38.5 Å². The number of hydrogen-bond donors (Lipinski definition) is 1. The topological polar surface area (TPSA) is 67.2 Å². The van der Waals surface area contributed by atoms with Gasteiger partial charge in [0.15, 0.2) is 5.69 Å². The second kappa shape index (κ2) is 8.67. The molecule has 0 unspecified atom stereocenters. The molecule has 6 nitrogen and oxygen atoms in total. The van der Waals surface area contributed by atoms with Crippen LogP contribution in [-0.2, 0) is 19.6 Å². The Morgan fingerprint density at radius 1 is 1.13 bits per heavy atom. The first kappa shape index (κ1) is 20.1. The lowest BCUT2D eigenvalue weighted by atomic mass is 10.2. The molecule has 4 rings (SSSR count). The average molecular weight is 427 g/mol. The summed E-state index contributed by atoms with van der Waals surface area (Å²) in [5.41, 5.74) is 2.21. The number of nitrogens with zero attached hydrogens (tertiary/aromatic N) is 3. The minimum Gasteiger partial charge on any atom is -0.347 e. The van der Waals surface area contributed by atoms with E-state index in [4.69, 9.17) is 11.6 Å². The zero-order chi connectivity index (χ0) is 21.1. The number of carbonyl (C=O) groups excluding carboxylic acids is 2. The van der Waals surface area contributed by atoms with Gasteiger partial charge in [0, 0.05) is 37.3 Å². The van der Waals surface area contributed by atoms with Gasteiger partial charge in [-0.1, -0.05) is 41.9 Å². The standard InChI is InChI=1S/C22H20ClFN4O2/c23-18-5-2-1-4-16(18)13-25-21(29)19-12-20-22(30)27(10-3-11-28(20)26-19)14-15-6-8-17(24)9-7-15/h1-2,4-9,12H,3,10-11,13-14H2,(H,25,29). The fourth-order valence-corrected chi connectivity index (χ4v) is 3.62. The molecule has 0 saturated carbocycles. The van der Waals surface area contributed by atoms with Crippen LogP contribution < -0.4 is 5.32 Å². The number of halogens is 2. The van der Waals surface area contributed by atoms with Crippen LogP contribution in [-0.4, -0.2) is 33.0 Å². The van der Waals surface area contributed by atoms with Gasteiger partial charge in [0.05, 0.1) is 0 Å². The highest BCUT2D eigenvalue weighted by molar-refractivity contribution is 6.31. The molecule has 1 aromatic heterocycles. The van der Waals surface area contributed by atoms with Gasteiger partial charge in [-0.2, -0.15) is 5.10 Å². The summed E-state index contributed by atoms with van der Waals surface area (Å²) < 4.78 is 14.7. The molecule has 0 aliphatic carbocycles. The third kappa shape index (κ3) is 4.36. The zero-order valence-electron chi connectivity index (χ0n) is 16.1. The van der Waals surface area contributed by atoms with Crippen molar-refractivity contribution < 1.29 is 14.0 Å². The molecule has 154 valence electrons. The molecule has 0 saturated heterocycles. The first-order valence-corrected chi connectivity index (χ1v) is 10.0. The number of amides is 2. The van der Waals surface area contributed by atoms with Gasteiger partial charge in [0.25, 0.3) is 11.8 Å². The van der Waals surface area contributed by atoms with Crippen molar-refractivity contribution in [1.29, 1.82) is 0 Å². The average Bonchev–Trinajstić information content (AvgIpc) is 3.12. The molecule has 0 fully saturated rings. The van der Waals surface area contributed by atoms with Gasteiger partial charge in [-0.15, -0.1) is 0 Å². The highest BCUT2D eigenvalue weighted by atomic mass is 35.5. The molecule has 2 aromatic carbocycles. The van der Waals surface area contributed by atoms with Crippen LogP contribution in [0.25, 0.3) is 0 Å². The van der Waals surface area contributed by atoms with Gasteiger partial charge in [0.2, 0.25) is 0 Å². The Labute approximate surface area is 178 Å². The summed E-state index contributed by atoms with van der Waals surface area (Å²) >= 11 is 6.12. The van der Waals surface area contributed by atoms with Crippen molar-refractivity contribution >= 4 is 23.4 Å². The summed E-state index contributed by atoms with van der Waals surface area (Å²) in [6.07, 6.45) is 0.711. The number of rotatable bonds is 5. The lowest BCUT2D eigenvalue weighted by Crippen LogP contribution is -2.30. The molecule has 0 atom stereocenters. The van der Waals surface area contributed by atoms with Crippen molar-refractivity contribution in [2.45, 2.75) is 26.1 Å². The van der Waals surface area contributed by atoms with Crippen molar-refractivity contribution in [2.24, 2.45) is 0 Å². The third-order valence-electron chi connectivity index (χ3n) is 5.00. The Bertz CT molecular complexity index is 1080. The number of carbonyl (C=O) groups is 2. The number of benzene rings is 2. The largest absolute Gasteiger partial charge is 0.347 e. The van der Waals surface area contributed by atoms with Crippen LogP contribution in [0.15, 0.2) is 54.6 Å². The predicted molar refractivity (Wildman–Crippen MR) is 111 cm³/mol. The maximum atomic E-state index is 13.1. The third-order valence-corrected chi connectivity index (χ3v) is 5.37. The molecule has 2 heterocycles. The van der Waals surface area contributed by atoms with Crippen LogP contribution in [0.5, 0.6) is 0 Å². The number of fused-ring (bicyclic) bond motifs is 1. The van der Waals surface area contributed by atoms with E-state index in [1.54, 1.807) is 27.8 Å². The van der Waals surface area contributed by atoms with Gasteiger partial charge >= 0.3 is 0 Å². The van der Waals surface area contributed by atoms with E-state index in [-0.39, 0.29) is 29.9 Å². The highest BCUT2D eigenvalue weighted by Gasteiger charge is 2.26. The number of nitrogens with one attached hydrogen (secondary N) is 1. The van der Waals surface area contributed by atoms with Crippen LogP contribution in [0.3, 0.4) is 0 Å². The van der Waals surface area contributed by atoms with E-state index < -0.39 is 0 Å². The van der Waals surface area contributed by atoms with Crippen LogP contribution in [0, 0.1) is 5.82 Å². The first-order chi connectivity index (χ1) is 14.5. The number of aryl methyl sites for hydroxylation is 1. The Hall–Kier alpha value is -3.19. The smallest absolute Gasteiger partial charge is 0.272 e. The van der Waals surface area contributed by atoms with Crippen molar-refractivity contribution in [1.82, 2.24) is 20.0 Å². The van der Waals surface area contributed by atoms with E-state index in [2.05, 4.69) is 10.4 Å². The van der Waals surface area contributed by atoms with E-state index >= 15 is 0 Å². The molecule has 8 heteroatoms. The van der Waals surface area contributed by atoms with Crippen molar-refractivity contribution in [3.63, 3.8) is 0 Å². The van der Waals surface area contributed by atoms with Crippen LogP contribution in [0.4, 0.5) is 4.39 Å². The summed E-state index contributed by atoms with van der Waals surface area (Å²) in [6.45, 7) is 1.75. The lowest BCUT2D eigenvalue weighted by Gasteiger charge is -2.20. The van der Waals surface area contributed by atoms with Crippen molar-refractivity contribution in [3.8, 4) is 0 Å². The molecule has 1 aliphatic rings. The number of hydrogen-bond acceptors (Lipinski definition) is 3. The Kier molecular flexibility index (Phi) is 5.81. The van der Waals surface area contributed by atoms with Gasteiger partial charge in [0.1, 0.15) is 11.5 Å². The minimum atomic E-state index is -0.367. The van der Waals surface area contributed by atoms with Crippen LogP contribution in [0.2, 0.25) is 5.02 Å². The van der Waals surface area contributed by atoms with E-state index in [1.807, 2.05) is 18.2 Å². The van der Waals surface area contributed by atoms with E-state index in [9.17, 15) is 14.0 Å². The van der Waals surface area contributed by atoms with Gasteiger partial charge in [-0.3, -0.25) is 14.3 Å². The van der Waals surface area contributed by atoms with E-state index in [1.165, 1.54) is 18.2 Å². The molecule has 0 spiro atoms. The van der Waals surface area contributed by atoms with E-state index in [0.29, 0.717) is 36.8 Å². The molecule has 1 N–H and O–H groups in total. The fourth-order valence-electron chi connectivity index (χ4n) is 3.41. The van der Waals surface area contributed by atoms with Crippen LogP contribution >= 0.6 is 11.6 Å². The lowest BCUT2D eigenvalue weighted by molar-refractivity contribution is 0.0745. The summed E-state index contributed by atoms with van der Waals surface area (Å²) in [5.74, 6) is -0.880. The SMILES string of the molecule is O=C(NCc1ccccc1Cl)c1cc2n(n1)CCCN(Cc1ccc(F)cc1)C2=O. The van der Waals surface area contributed by atoms with E-state index in [0.717, 1.165) is 11.1 Å². The zero-order valence-corrected chi connectivity index (χ0v) is 16.9. The molecule has 1 aliphatic heterocycles. The maximum absolute atomic E-state index is 13.1. The molecular weight excluding hydrogens is 407 g/mol. The highest BCUT2D eigenvalue weighted by Crippen LogP contribution is 2.18. The van der Waals surface area contributed by atoms with Gasteiger partial charge < -0.3 is 10.2 Å². The molecular formula is C22H20ClFN4O2. The number of aromatic nitrogens is 2. The van der Waals surface area contributed by atoms with Gasteiger partial charge in [-0.05, 0) is 35.7 Å². The predicted octanol–water partition coefficient (Wildman–Crippen LogP) is 3.65. The summed E-state index contributed by atoms with van der Waals surface area (Å²) in [5, 5.41) is 7.69. The summed E-state index contributed by atoms with van der Waals surface area (Å²) in [7, 11) is 0. The molecule has 3 aromatic rings. The summed E-state index contributed by atoms with van der Waals surface area (Å²) in [6, 6.07) is 14.9. The molecule has 2 amide bonds. The Balaban J connectivity index is 1.47. The Morgan fingerprint density at radius 3 is 2.67 bits per heavy atom. The molecule has 30 heavy (non-hydrogen) atoms. The fraction of sp³-hybridized carbons (Fsp3) is 0.227. The summed E-state index contributed by atoms with van der Waals surface area (Å²) in [4.78, 5) is 27.3. The Morgan fingerprint density at radius 2 is 1.90 bits per heavy atom. The molecule has 0 radical (unpaired) electrons. The van der Waals surface area contributed by atoms with Crippen molar-refractivity contribution in [2.75, 3.05) is 6.54 Å². The normalized spacial score (nSPS) is 13.7. The first-order valence-electron chi connectivity index (χ1n) is 9.64.